The highest BCUT2D eigenvalue weighted by molar-refractivity contribution is 5.93. The molecule has 1 aliphatic carbocycles. The highest BCUT2D eigenvalue weighted by Crippen LogP contribution is 2.38. The number of aromatic nitrogens is 3. The average Bonchev–Trinajstić information content (AvgIpc) is 3.40. The average molecular weight is 369 g/mol. The van der Waals surface area contributed by atoms with E-state index in [1.807, 2.05) is 37.5 Å². The number of nitrogens with zero attached hydrogens (tertiary/aromatic N) is 4. The smallest absolute Gasteiger partial charge is 0.238 e. The van der Waals surface area contributed by atoms with Crippen molar-refractivity contribution in [2.75, 3.05) is 31.6 Å². The number of ether oxygens (including phenoxy) is 1. The van der Waals surface area contributed by atoms with Gasteiger partial charge in [0, 0.05) is 18.5 Å². The zero-order chi connectivity index (χ0) is 18.6. The van der Waals surface area contributed by atoms with Gasteiger partial charge in [0.1, 0.15) is 17.9 Å². The first-order valence-electron chi connectivity index (χ1n) is 9.88. The highest BCUT2D eigenvalue weighted by Gasteiger charge is 2.31. The minimum Gasteiger partial charge on any atom is -0.492 e. The molecule has 1 aromatic heterocycles. The molecule has 144 valence electrons. The molecule has 2 aromatic rings. The van der Waals surface area contributed by atoms with E-state index in [9.17, 15) is 4.79 Å². The van der Waals surface area contributed by atoms with E-state index < -0.39 is 0 Å². The van der Waals surface area contributed by atoms with Gasteiger partial charge in [-0.15, -0.1) is 10.2 Å². The summed E-state index contributed by atoms with van der Waals surface area (Å²) in [6, 6.07) is 8.15. The van der Waals surface area contributed by atoms with Crippen LogP contribution < -0.4 is 10.1 Å². The van der Waals surface area contributed by atoms with E-state index in [1.54, 1.807) is 0 Å². The molecule has 27 heavy (non-hydrogen) atoms. The zero-order valence-corrected chi connectivity index (χ0v) is 15.8. The van der Waals surface area contributed by atoms with Gasteiger partial charge in [0.15, 0.2) is 0 Å². The molecule has 1 saturated carbocycles. The van der Waals surface area contributed by atoms with Crippen molar-refractivity contribution in [2.45, 2.75) is 44.6 Å². The topological polar surface area (TPSA) is 72.3 Å². The molecule has 0 spiro atoms. The summed E-state index contributed by atoms with van der Waals surface area (Å²) in [5, 5.41) is 11.5. The highest BCUT2D eigenvalue weighted by atomic mass is 16.5. The summed E-state index contributed by atoms with van der Waals surface area (Å²) in [6.45, 7) is 4.68. The lowest BCUT2D eigenvalue weighted by molar-refractivity contribution is -0.117. The van der Waals surface area contributed by atoms with E-state index in [0.717, 1.165) is 37.4 Å². The van der Waals surface area contributed by atoms with Crippen molar-refractivity contribution >= 4 is 11.6 Å². The Balaban J connectivity index is 1.36. The van der Waals surface area contributed by atoms with E-state index >= 15 is 0 Å². The SMILES string of the molecule is CCOc1ccccc1NC(=O)CN1CCCC(c2nncn2C2CC2)C1. The summed E-state index contributed by atoms with van der Waals surface area (Å²) < 4.78 is 7.83. The summed E-state index contributed by atoms with van der Waals surface area (Å²) in [5.74, 6) is 2.14. The monoisotopic (exact) mass is 369 g/mol. The summed E-state index contributed by atoms with van der Waals surface area (Å²) in [6.07, 6.45) is 6.50. The predicted octanol–water partition coefficient (Wildman–Crippen LogP) is 2.83. The number of rotatable bonds is 7. The van der Waals surface area contributed by atoms with Crippen molar-refractivity contribution in [1.29, 1.82) is 0 Å². The van der Waals surface area contributed by atoms with Crippen molar-refractivity contribution in [2.24, 2.45) is 0 Å². The van der Waals surface area contributed by atoms with Crippen LogP contribution in [0, 0.1) is 0 Å². The Morgan fingerprint density at radius 2 is 2.15 bits per heavy atom. The van der Waals surface area contributed by atoms with E-state index in [4.69, 9.17) is 4.74 Å². The lowest BCUT2D eigenvalue weighted by Gasteiger charge is -2.31. The van der Waals surface area contributed by atoms with Crippen molar-refractivity contribution in [3.63, 3.8) is 0 Å². The van der Waals surface area contributed by atoms with Gasteiger partial charge in [-0.25, -0.2) is 0 Å². The quantitative estimate of drug-likeness (QED) is 0.812. The lowest BCUT2D eigenvalue weighted by Crippen LogP contribution is -2.40. The minimum atomic E-state index is -0.00790. The van der Waals surface area contributed by atoms with E-state index in [1.165, 1.54) is 12.8 Å². The van der Waals surface area contributed by atoms with Crippen LogP contribution >= 0.6 is 0 Å². The third kappa shape index (κ3) is 4.30. The predicted molar refractivity (Wildman–Crippen MR) is 103 cm³/mol. The number of carbonyl (C=O) groups excluding carboxylic acids is 1. The van der Waals surface area contributed by atoms with Crippen molar-refractivity contribution in [3.8, 4) is 5.75 Å². The molecule has 0 bridgehead atoms. The maximum absolute atomic E-state index is 12.6. The van der Waals surface area contributed by atoms with Crippen LogP contribution in [-0.4, -0.2) is 51.8 Å². The Morgan fingerprint density at radius 1 is 1.30 bits per heavy atom. The summed E-state index contributed by atoms with van der Waals surface area (Å²) in [5.41, 5.74) is 0.728. The van der Waals surface area contributed by atoms with Crippen molar-refractivity contribution < 1.29 is 9.53 Å². The Hall–Kier alpha value is -2.41. The van der Waals surface area contributed by atoms with Crippen LogP contribution in [0.4, 0.5) is 5.69 Å². The second kappa shape index (κ2) is 8.08. The number of benzene rings is 1. The number of nitrogens with one attached hydrogen (secondary N) is 1. The number of piperidine rings is 1. The number of carbonyl (C=O) groups is 1. The third-order valence-electron chi connectivity index (χ3n) is 5.24. The fourth-order valence-corrected chi connectivity index (χ4v) is 3.83. The van der Waals surface area contributed by atoms with Crippen LogP contribution in [0.1, 0.15) is 50.4 Å². The maximum atomic E-state index is 12.6. The molecule has 2 heterocycles. The van der Waals surface area contributed by atoms with Gasteiger partial charge in [0.05, 0.1) is 18.8 Å². The molecular formula is C20H27N5O2. The molecule has 0 radical (unpaired) electrons. The molecule has 2 fully saturated rings. The molecule has 2 aliphatic rings. The summed E-state index contributed by atoms with van der Waals surface area (Å²) in [4.78, 5) is 14.8. The third-order valence-corrected chi connectivity index (χ3v) is 5.24. The fraction of sp³-hybridized carbons (Fsp3) is 0.550. The lowest BCUT2D eigenvalue weighted by atomic mass is 9.97. The summed E-state index contributed by atoms with van der Waals surface area (Å²) in [7, 11) is 0. The van der Waals surface area contributed by atoms with Crippen LogP contribution in [-0.2, 0) is 4.79 Å². The first kappa shape index (κ1) is 18.0. The molecule has 1 aromatic carbocycles. The standard InChI is InChI=1S/C20H27N5O2/c1-2-27-18-8-4-3-7-17(18)22-19(26)13-24-11-5-6-15(12-24)20-23-21-14-25(20)16-9-10-16/h3-4,7-8,14-16H,2,5-6,9-13H2,1H3,(H,22,26). The number of likely N-dealkylation sites (tertiary alicyclic amines) is 1. The summed E-state index contributed by atoms with van der Waals surface area (Å²) >= 11 is 0. The molecule has 1 aliphatic heterocycles. The first-order valence-corrected chi connectivity index (χ1v) is 9.88. The molecule has 1 saturated heterocycles. The number of hydrogen-bond donors (Lipinski definition) is 1. The number of anilines is 1. The van der Waals surface area contributed by atoms with Gasteiger partial charge in [0.25, 0.3) is 0 Å². The van der Waals surface area contributed by atoms with Gasteiger partial charge in [-0.3, -0.25) is 9.69 Å². The van der Waals surface area contributed by atoms with Crippen LogP contribution in [0.15, 0.2) is 30.6 Å². The molecule has 1 unspecified atom stereocenters. The molecular weight excluding hydrogens is 342 g/mol. The van der Waals surface area contributed by atoms with Crippen LogP contribution in [0.25, 0.3) is 0 Å². The largest absolute Gasteiger partial charge is 0.492 e. The molecule has 1 atom stereocenters. The Kier molecular flexibility index (Phi) is 5.38. The second-order valence-electron chi connectivity index (χ2n) is 7.38. The molecule has 7 nitrogen and oxygen atoms in total. The maximum Gasteiger partial charge on any atom is 0.238 e. The Morgan fingerprint density at radius 3 is 2.96 bits per heavy atom. The van der Waals surface area contributed by atoms with Crippen molar-refractivity contribution in [1.82, 2.24) is 19.7 Å². The van der Waals surface area contributed by atoms with Gasteiger partial charge >= 0.3 is 0 Å². The number of amides is 1. The molecule has 7 heteroatoms. The van der Waals surface area contributed by atoms with Gasteiger partial charge < -0.3 is 14.6 Å². The van der Waals surface area contributed by atoms with Gasteiger partial charge in [-0.2, -0.15) is 0 Å². The Labute approximate surface area is 159 Å². The van der Waals surface area contributed by atoms with Crippen LogP contribution in [0.3, 0.4) is 0 Å². The normalized spacial score (nSPS) is 20.4. The van der Waals surface area contributed by atoms with Crippen LogP contribution in [0.2, 0.25) is 0 Å². The Bertz CT molecular complexity index is 786. The van der Waals surface area contributed by atoms with E-state index in [0.29, 0.717) is 30.9 Å². The second-order valence-corrected chi connectivity index (χ2v) is 7.38. The number of para-hydroxylation sites is 2. The van der Waals surface area contributed by atoms with E-state index in [-0.39, 0.29) is 5.91 Å². The van der Waals surface area contributed by atoms with Gasteiger partial charge in [0.2, 0.25) is 5.91 Å². The first-order chi connectivity index (χ1) is 13.2. The minimum absolute atomic E-state index is 0.00790. The molecule has 1 amide bonds. The van der Waals surface area contributed by atoms with Gasteiger partial charge in [-0.1, -0.05) is 12.1 Å². The van der Waals surface area contributed by atoms with Crippen molar-refractivity contribution in [3.05, 3.63) is 36.4 Å². The fourth-order valence-electron chi connectivity index (χ4n) is 3.83. The van der Waals surface area contributed by atoms with Crippen LogP contribution in [0.5, 0.6) is 5.75 Å². The zero-order valence-electron chi connectivity index (χ0n) is 15.8. The number of hydrogen-bond acceptors (Lipinski definition) is 5. The molecule has 1 N–H and O–H groups in total. The molecule has 4 rings (SSSR count). The van der Waals surface area contributed by atoms with E-state index in [2.05, 4.69) is 25.0 Å². The van der Waals surface area contributed by atoms with Gasteiger partial charge in [-0.05, 0) is 51.3 Å².